The lowest BCUT2D eigenvalue weighted by molar-refractivity contribution is -1.07. The summed E-state index contributed by atoms with van der Waals surface area (Å²) in [4.78, 5) is 10.8. The fourth-order valence-electron chi connectivity index (χ4n) is 1.10. The number of alkyl halides is 7. The molecule has 0 spiro atoms. The molecule has 2 N–H and O–H groups in total. The van der Waals surface area contributed by atoms with E-state index in [2.05, 4.69) is 0 Å². The van der Waals surface area contributed by atoms with E-state index in [9.17, 15) is 40.7 Å². The van der Waals surface area contributed by atoms with E-state index in [4.69, 9.17) is 0 Å². The van der Waals surface area contributed by atoms with Gasteiger partial charge >= 0.3 is 18.0 Å². The van der Waals surface area contributed by atoms with Crippen LogP contribution in [0.25, 0.3) is 0 Å². The van der Waals surface area contributed by atoms with Crippen LogP contribution >= 0.6 is 0 Å². The predicted molar refractivity (Wildman–Crippen MR) is 52.3 cm³/mol. The highest BCUT2D eigenvalue weighted by atomic mass is 19.4. The topological polar surface area (TPSA) is 49.3 Å². The Morgan fingerprint density at radius 3 is 1.90 bits per heavy atom. The van der Waals surface area contributed by atoms with Gasteiger partial charge in [-0.1, -0.05) is 0 Å². The Morgan fingerprint density at radius 1 is 1.10 bits per heavy atom. The van der Waals surface area contributed by atoms with Gasteiger partial charge in [-0.15, -0.1) is 0 Å². The number of hydrogen-bond acceptors (Lipinski definition) is 2. The van der Waals surface area contributed by atoms with E-state index < -0.39 is 35.1 Å². The lowest BCUT2D eigenvalue weighted by Gasteiger charge is -2.27. The van der Waals surface area contributed by atoms with Gasteiger partial charge in [0.05, 0.1) is 14.1 Å². The highest BCUT2D eigenvalue weighted by molar-refractivity contribution is 5.84. The van der Waals surface area contributed by atoms with E-state index in [-0.39, 0.29) is 13.0 Å². The molecule has 0 aromatic heterocycles. The fraction of sp³-hybridized carbons (Fsp3) is 0.889. The Kier molecular flexibility index (Phi) is 5.40. The standard InChI is InChI=1S/C9H13F7N2O2/c1-18(2,20)5-3-4-17-6(19)7(10,11)8(12,13)9(14,15)16/h20H,3-5H2,1-2H3/p+1. The molecule has 1 amide bonds. The first-order chi connectivity index (χ1) is 8.63. The van der Waals surface area contributed by atoms with Crippen molar-refractivity contribution in [2.75, 3.05) is 27.2 Å². The van der Waals surface area contributed by atoms with Gasteiger partial charge in [-0.2, -0.15) is 35.4 Å². The van der Waals surface area contributed by atoms with Crippen LogP contribution in [0.3, 0.4) is 0 Å². The number of amides is 1. The number of hydroxylamine groups is 3. The van der Waals surface area contributed by atoms with Crippen molar-refractivity contribution in [3.8, 4) is 0 Å². The van der Waals surface area contributed by atoms with E-state index in [1.54, 1.807) is 0 Å². The first-order valence-electron chi connectivity index (χ1n) is 5.29. The summed E-state index contributed by atoms with van der Waals surface area (Å²) >= 11 is 0. The number of nitrogens with zero attached hydrogens (tertiary/aromatic N) is 1. The van der Waals surface area contributed by atoms with E-state index >= 15 is 0 Å². The van der Waals surface area contributed by atoms with Gasteiger partial charge < -0.3 is 5.32 Å². The minimum atomic E-state index is -6.54. The average molecular weight is 315 g/mol. The number of halogens is 7. The second kappa shape index (κ2) is 5.72. The molecule has 0 aliphatic carbocycles. The van der Waals surface area contributed by atoms with Gasteiger partial charge in [-0.05, 0) is 0 Å². The zero-order valence-corrected chi connectivity index (χ0v) is 10.6. The molecular weight excluding hydrogens is 301 g/mol. The maximum atomic E-state index is 12.8. The molecule has 0 saturated heterocycles. The van der Waals surface area contributed by atoms with Crippen LogP contribution in [0.5, 0.6) is 0 Å². The van der Waals surface area contributed by atoms with Gasteiger partial charge in [0.2, 0.25) is 0 Å². The first kappa shape index (κ1) is 18.9. The van der Waals surface area contributed by atoms with Gasteiger partial charge in [0.15, 0.2) is 0 Å². The molecular formula is C9H14F7N2O2+. The molecule has 0 aliphatic heterocycles. The van der Waals surface area contributed by atoms with Crippen LogP contribution in [0.15, 0.2) is 0 Å². The van der Waals surface area contributed by atoms with E-state index in [0.29, 0.717) is 0 Å². The largest absolute Gasteiger partial charge is 0.460 e. The SMILES string of the molecule is C[N+](C)(O)CCCNC(=O)C(F)(F)C(F)(F)C(F)(F)F. The van der Waals surface area contributed by atoms with Crippen LogP contribution in [-0.2, 0) is 4.79 Å². The van der Waals surface area contributed by atoms with Crippen molar-refractivity contribution >= 4 is 5.91 Å². The number of rotatable bonds is 6. The average Bonchev–Trinajstić information content (AvgIpc) is 2.20. The maximum Gasteiger partial charge on any atom is 0.460 e. The molecule has 0 aromatic carbocycles. The molecule has 0 aliphatic rings. The number of carbonyl (C=O) groups is 1. The van der Waals surface area contributed by atoms with Crippen LogP contribution in [0.4, 0.5) is 30.7 Å². The van der Waals surface area contributed by atoms with Crippen LogP contribution in [-0.4, -0.2) is 61.0 Å². The zero-order valence-electron chi connectivity index (χ0n) is 10.6. The first-order valence-corrected chi connectivity index (χ1v) is 5.29. The summed E-state index contributed by atoms with van der Waals surface area (Å²) in [5.41, 5.74) is 0. The lowest BCUT2D eigenvalue weighted by Crippen LogP contribution is -2.59. The highest BCUT2D eigenvalue weighted by Crippen LogP contribution is 2.46. The Labute approximate surface area is 109 Å². The number of carbonyl (C=O) groups excluding carboxylic acids is 1. The zero-order chi connectivity index (χ0) is 16.4. The Bertz CT molecular complexity index is 349. The molecule has 0 fully saturated rings. The molecule has 0 atom stereocenters. The number of nitrogens with one attached hydrogen (secondary N) is 1. The summed E-state index contributed by atoms with van der Waals surface area (Å²) < 4.78 is 85.4. The van der Waals surface area contributed by atoms with Crippen LogP contribution in [0.1, 0.15) is 6.42 Å². The molecule has 0 unspecified atom stereocenters. The third kappa shape index (κ3) is 4.47. The van der Waals surface area contributed by atoms with Crippen molar-refractivity contribution in [3.05, 3.63) is 0 Å². The monoisotopic (exact) mass is 315 g/mol. The molecule has 0 saturated carbocycles. The second-order valence-corrected chi connectivity index (χ2v) is 4.60. The minimum absolute atomic E-state index is 0.0263. The third-order valence-electron chi connectivity index (χ3n) is 2.20. The summed E-state index contributed by atoms with van der Waals surface area (Å²) in [5, 5.41) is 10.5. The Morgan fingerprint density at radius 2 is 1.55 bits per heavy atom. The number of hydrogen-bond donors (Lipinski definition) is 2. The van der Waals surface area contributed by atoms with Crippen molar-refractivity contribution in [2.45, 2.75) is 24.4 Å². The van der Waals surface area contributed by atoms with E-state index in [0.717, 1.165) is 0 Å². The summed E-state index contributed by atoms with van der Waals surface area (Å²) in [5.74, 6) is -15.1. The normalized spacial score (nSPS) is 14.3. The van der Waals surface area contributed by atoms with Gasteiger partial charge in [0.1, 0.15) is 6.54 Å². The second-order valence-electron chi connectivity index (χ2n) is 4.60. The highest BCUT2D eigenvalue weighted by Gasteiger charge is 2.76. The van der Waals surface area contributed by atoms with E-state index in [1.165, 1.54) is 19.4 Å². The summed E-state index contributed by atoms with van der Waals surface area (Å²) in [6, 6.07) is 0. The molecule has 11 heteroatoms. The maximum absolute atomic E-state index is 12.8. The summed E-state index contributed by atoms with van der Waals surface area (Å²) in [7, 11) is 2.63. The molecule has 120 valence electrons. The molecule has 0 rings (SSSR count). The minimum Gasteiger partial charge on any atom is -0.350 e. The van der Waals surface area contributed by atoms with Crippen molar-refractivity contribution in [1.82, 2.24) is 5.32 Å². The summed E-state index contributed by atoms with van der Waals surface area (Å²) in [6.07, 6.45) is -6.64. The third-order valence-corrected chi connectivity index (χ3v) is 2.20. The smallest absolute Gasteiger partial charge is 0.350 e. The predicted octanol–water partition coefficient (Wildman–Crippen LogP) is 1.79. The van der Waals surface area contributed by atoms with Crippen LogP contribution < -0.4 is 5.32 Å². The number of quaternary nitrogens is 1. The van der Waals surface area contributed by atoms with Crippen molar-refractivity contribution in [3.63, 3.8) is 0 Å². The van der Waals surface area contributed by atoms with Crippen molar-refractivity contribution in [1.29, 1.82) is 0 Å². The molecule has 0 bridgehead atoms. The molecule has 0 radical (unpaired) electrons. The summed E-state index contributed by atoms with van der Waals surface area (Å²) in [6.45, 7) is -0.605. The van der Waals surface area contributed by atoms with Gasteiger partial charge in [0, 0.05) is 13.0 Å². The van der Waals surface area contributed by atoms with Crippen molar-refractivity contribution in [2.24, 2.45) is 0 Å². The van der Waals surface area contributed by atoms with Crippen LogP contribution in [0.2, 0.25) is 0 Å². The Hall–Kier alpha value is -1.10. The van der Waals surface area contributed by atoms with Gasteiger partial charge in [0.25, 0.3) is 5.91 Å². The molecule has 0 aromatic rings. The van der Waals surface area contributed by atoms with Gasteiger partial charge in [-0.3, -0.25) is 4.79 Å². The van der Waals surface area contributed by atoms with Crippen LogP contribution in [0, 0.1) is 0 Å². The fourth-order valence-corrected chi connectivity index (χ4v) is 1.10. The quantitative estimate of drug-likeness (QED) is 0.340. The Balaban J connectivity index is 4.61. The molecule has 0 heterocycles. The lowest BCUT2D eigenvalue weighted by atomic mass is 10.1. The molecule has 4 nitrogen and oxygen atoms in total. The van der Waals surface area contributed by atoms with Gasteiger partial charge in [-0.25, -0.2) is 5.21 Å². The van der Waals surface area contributed by atoms with Crippen molar-refractivity contribution < 1.29 is 45.4 Å². The molecule has 20 heavy (non-hydrogen) atoms. The van der Waals surface area contributed by atoms with E-state index in [1.807, 2.05) is 0 Å².